The molecule has 326 valence electrons. The molecular formula is C41H67NO15. The summed E-state index contributed by atoms with van der Waals surface area (Å²) >= 11 is 0. The second-order valence-electron chi connectivity index (χ2n) is 16.0. The largest absolute Gasteiger partial charge is 0.462 e. The summed E-state index contributed by atoms with van der Waals surface area (Å²) in [5.41, 5.74) is -1.49. The number of allylic oxidation sites excluding steroid dienone is 2. The van der Waals surface area contributed by atoms with Crippen LogP contribution in [0.3, 0.4) is 0 Å². The van der Waals surface area contributed by atoms with Gasteiger partial charge in [-0.25, -0.2) is 0 Å². The summed E-state index contributed by atoms with van der Waals surface area (Å²) in [5.74, 6) is -2.82. The maximum absolute atomic E-state index is 13.3. The van der Waals surface area contributed by atoms with E-state index >= 15 is 0 Å². The van der Waals surface area contributed by atoms with Gasteiger partial charge in [0.2, 0.25) is 0 Å². The minimum absolute atomic E-state index is 0.000633. The van der Waals surface area contributed by atoms with Crippen LogP contribution >= 0.6 is 0 Å². The number of methoxy groups -OCH3 is 1. The van der Waals surface area contributed by atoms with Gasteiger partial charge in [0.25, 0.3) is 0 Å². The lowest BCUT2D eigenvalue weighted by molar-refractivity contribution is -0.344. The Labute approximate surface area is 337 Å². The summed E-state index contributed by atoms with van der Waals surface area (Å²) in [5, 5.41) is 34.5. The van der Waals surface area contributed by atoms with Gasteiger partial charge in [-0.2, -0.15) is 0 Å². The molecule has 3 heterocycles. The first kappa shape index (κ1) is 48.6. The van der Waals surface area contributed by atoms with Crippen molar-refractivity contribution in [1.29, 1.82) is 0 Å². The van der Waals surface area contributed by atoms with Gasteiger partial charge in [-0.3, -0.25) is 14.4 Å². The number of rotatable bonds is 12. The number of nitrogens with zero attached hydrogens (tertiary/aromatic N) is 1. The number of hydrogen-bond acceptors (Lipinski definition) is 16. The van der Waals surface area contributed by atoms with Crippen molar-refractivity contribution in [3.05, 3.63) is 24.3 Å². The van der Waals surface area contributed by atoms with E-state index in [-0.39, 0.29) is 32.1 Å². The van der Waals surface area contributed by atoms with Gasteiger partial charge in [-0.05, 0) is 60.0 Å². The summed E-state index contributed by atoms with van der Waals surface area (Å²) in [4.78, 5) is 52.3. The van der Waals surface area contributed by atoms with Gasteiger partial charge in [-0.1, -0.05) is 45.1 Å². The SMILES string of the molecule is CCC(=O)O[C@H]1CC(=O)O[C@H](C)CC=CC=C[C@H](O)[C@H](C)C[C@@H](CC=O)[C@H](O[C@@H]2O[C@H](C)[C@@H](O[C@H]3C[C@@](C)(O)[C@@H](OC(=O)CC)[C@H](C)O3)[C@H](N(C)C)[C@H]2O)[C@H]1OC. The average molecular weight is 814 g/mol. The molecule has 3 N–H and O–H groups in total. The van der Waals surface area contributed by atoms with E-state index in [2.05, 4.69) is 0 Å². The summed E-state index contributed by atoms with van der Waals surface area (Å²) in [7, 11) is 4.86. The van der Waals surface area contributed by atoms with Crippen molar-refractivity contribution in [3.8, 4) is 0 Å². The molecule has 0 aromatic heterocycles. The predicted octanol–water partition coefficient (Wildman–Crippen LogP) is 2.77. The van der Waals surface area contributed by atoms with E-state index < -0.39 is 121 Å². The Kier molecular flexibility index (Phi) is 19.2. The predicted molar refractivity (Wildman–Crippen MR) is 205 cm³/mol. The topological polar surface area (TPSA) is 206 Å². The second-order valence-corrected chi connectivity index (χ2v) is 16.0. The number of aliphatic hydroxyl groups is 3. The van der Waals surface area contributed by atoms with Crippen LogP contribution in [0.4, 0.5) is 0 Å². The Morgan fingerprint density at radius 2 is 1.63 bits per heavy atom. The number of likely N-dealkylation sites (N-methyl/N-ethyl adjacent to an activating group) is 1. The number of aliphatic hydroxyl groups excluding tert-OH is 2. The number of carbonyl (C=O) groups is 4. The molecule has 16 heteroatoms. The third kappa shape index (κ3) is 13.6. The lowest BCUT2D eigenvalue weighted by atomic mass is 9.82. The molecule has 16 nitrogen and oxygen atoms in total. The van der Waals surface area contributed by atoms with Gasteiger partial charge in [0.05, 0.1) is 36.9 Å². The van der Waals surface area contributed by atoms with Crippen molar-refractivity contribution < 1.29 is 72.4 Å². The molecule has 0 amide bonds. The Morgan fingerprint density at radius 3 is 2.23 bits per heavy atom. The van der Waals surface area contributed by atoms with Gasteiger partial charge < -0.3 is 62.9 Å². The van der Waals surface area contributed by atoms with Crippen LogP contribution < -0.4 is 0 Å². The molecule has 0 aromatic rings. The van der Waals surface area contributed by atoms with E-state index in [1.807, 2.05) is 13.0 Å². The molecule has 0 aromatic carbocycles. The van der Waals surface area contributed by atoms with Crippen LogP contribution in [0.5, 0.6) is 0 Å². The molecule has 2 saturated heterocycles. The van der Waals surface area contributed by atoms with E-state index in [1.54, 1.807) is 78.8 Å². The van der Waals surface area contributed by atoms with Crippen molar-refractivity contribution in [2.45, 2.75) is 179 Å². The van der Waals surface area contributed by atoms with E-state index in [0.717, 1.165) is 0 Å². The molecule has 2 fully saturated rings. The average Bonchev–Trinajstić information content (AvgIpc) is 3.13. The molecule has 3 aliphatic rings. The molecule has 0 radical (unpaired) electrons. The van der Waals surface area contributed by atoms with E-state index in [0.29, 0.717) is 12.7 Å². The fourth-order valence-electron chi connectivity index (χ4n) is 7.82. The standard InChI is InChI=1S/C41H67NO15/c1-11-30(45)54-29-21-32(47)51-24(4)16-14-13-15-17-28(44)23(3)20-27(18-19-43)37(38(29)50-10)57-40-35(48)34(42(8)9)36(25(5)53-40)56-33-22-41(7,49)39(26(6)52-33)55-31(46)12-2/h13-15,17,19,23-29,33-40,44,48-49H,11-12,16,18,20-22H2,1-10H3/t23-,24-,25-,26+,27-,28+,29+,33+,34-,35-,36-,37+,38+,39+,40+,41-/m1/s1. The zero-order chi connectivity index (χ0) is 42.6. The summed E-state index contributed by atoms with van der Waals surface area (Å²) in [6.07, 6.45) is -4.08. The van der Waals surface area contributed by atoms with Crippen LogP contribution in [0.15, 0.2) is 24.3 Å². The number of aldehydes is 1. The van der Waals surface area contributed by atoms with Crippen LogP contribution in [0.2, 0.25) is 0 Å². The highest BCUT2D eigenvalue weighted by molar-refractivity contribution is 5.72. The monoisotopic (exact) mass is 813 g/mol. The lowest BCUT2D eigenvalue weighted by Gasteiger charge is -2.50. The third-order valence-corrected chi connectivity index (χ3v) is 10.9. The quantitative estimate of drug-likeness (QED) is 0.147. The Hall–Kier alpha value is -2.80. The molecule has 3 rings (SSSR count). The van der Waals surface area contributed by atoms with Crippen LogP contribution in [0, 0.1) is 11.8 Å². The summed E-state index contributed by atoms with van der Waals surface area (Å²) < 4.78 is 48.5. The first-order chi connectivity index (χ1) is 26.9. The second kappa shape index (κ2) is 22.5. The normalized spacial score (nSPS) is 40.0. The van der Waals surface area contributed by atoms with Gasteiger partial charge in [-0.15, -0.1) is 0 Å². The van der Waals surface area contributed by atoms with Gasteiger partial charge in [0.1, 0.15) is 42.4 Å². The first-order valence-electron chi connectivity index (χ1n) is 20.1. The Balaban J connectivity index is 2.01. The number of cyclic esters (lactones) is 1. The number of ether oxygens (including phenoxy) is 8. The number of esters is 3. The summed E-state index contributed by atoms with van der Waals surface area (Å²) in [6.45, 7) is 11.8. The number of carbonyl (C=O) groups excluding carboxylic acids is 4. The third-order valence-electron chi connectivity index (χ3n) is 10.9. The minimum Gasteiger partial charge on any atom is -0.462 e. The molecule has 0 unspecified atom stereocenters. The molecule has 0 saturated carbocycles. The van der Waals surface area contributed by atoms with E-state index in [1.165, 1.54) is 7.11 Å². The van der Waals surface area contributed by atoms with Crippen molar-refractivity contribution in [3.63, 3.8) is 0 Å². The molecule has 57 heavy (non-hydrogen) atoms. The van der Waals surface area contributed by atoms with Crippen molar-refractivity contribution >= 4 is 24.2 Å². The van der Waals surface area contributed by atoms with Crippen molar-refractivity contribution in [2.24, 2.45) is 11.8 Å². The maximum atomic E-state index is 13.3. The van der Waals surface area contributed by atoms with Gasteiger partial charge in [0, 0.05) is 39.2 Å². The van der Waals surface area contributed by atoms with Crippen molar-refractivity contribution in [2.75, 3.05) is 21.2 Å². The van der Waals surface area contributed by atoms with Crippen LogP contribution in [0.1, 0.15) is 93.4 Å². The molecule has 0 bridgehead atoms. The fourth-order valence-corrected chi connectivity index (χ4v) is 7.82. The molecule has 0 spiro atoms. The van der Waals surface area contributed by atoms with Crippen molar-refractivity contribution in [1.82, 2.24) is 4.90 Å². The molecular weight excluding hydrogens is 746 g/mol. The molecule has 0 aliphatic carbocycles. The van der Waals surface area contributed by atoms with E-state index in [4.69, 9.17) is 37.9 Å². The fraction of sp³-hybridized carbons (Fsp3) is 0.805. The smallest absolute Gasteiger partial charge is 0.309 e. The van der Waals surface area contributed by atoms with Crippen LogP contribution in [-0.2, 0) is 57.1 Å². The van der Waals surface area contributed by atoms with Gasteiger partial charge >= 0.3 is 17.9 Å². The maximum Gasteiger partial charge on any atom is 0.309 e. The molecule has 3 aliphatic heterocycles. The Bertz CT molecular complexity index is 1350. The summed E-state index contributed by atoms with van der Waals surface area (Å²) in [6, 6.07) is -0.779. The molecule has 16 atom stereocenters. The number of hydrogen-bond donors (Lipinski definition) is 3. The van der Waals surface area contributed by atoms with E-state index in [9.17, 15) is 34.5 Å². The van der Waals surface area contributed by atoms with Crippen LogP contribution in [-0.4, -0.2) is 151 Å². The zero-order valence-corrected chi connectivity index (χ0v) is 35.2. The first-order valence-corrected chi connectivity index (χ1v) is 20.1. The highest BCUT2D eigenvalue weighted by Crippen LogP contribution is 2.37. The van der Waals surface area contributed by atoms with Gasteiger partial charge in [0.15, 0.2) is 18.7 Å². The highest BCUT2D eigenvalue weighted by atomic mass is 16.7. The van der Waals surface area contributed by atoms with Crippen LogP contribution in [0.25, 0.3) is 0 Å². The zero-order valence-electron chi connectivity index (χ0n) is 35.2. The Morgan fingerprint density at radius 1 is 0.965 bits per heavy atom. The minimum atomic E-state index is -1.49. The highest BCUT2D eigenvalue weighted by Gasteiger charge is 2.53. The lowest BCUT2D eigenvalue weighted by Crippen LogP contribution is -2.66.